The summed E-state index contributed by atoms with van der Waals surface area (Å²) in [5, 5.41) is 29.7. The van der Waals surface area contributed by atoms with Crippen molar-refractivity contribution in [3.8, 4) is 23.0 Å². The van der Waals surface area contributed by atoms with Gasteiger partial charge in [-0.05, 0) is 18.2 Å². The van der Waals surface area contributed by atoms with E-state index in [9.17, 15) is 20.1 Å². The van der Waals surface area contributed by atoms with Crippen molar-refractivity contribution in [1.82, 2.24) is 0 Å². The number of Topliss-reactive ketones (excluding diaryl/α,β-unsaturated/α-hetero) is 1. The maximum absolute atomic E-state index is 12.3. The molecule has 0 amide bonds. The van der Waals surface area contributed by atoms with Crippen LogP contribution >= 0.6 is 0 Å². The van der Waals surface area contributed by atoms with Crippen molar-refractivity contribution >= 4 is 5.78 Å². The van der Waals surface area contributed by atoms with Crippen molar-refractivity contribution < 1.29 is 29.6 Å². The van der Waals surface area contributed by atoms with Crippen LogP contribution in [0, 0.1) is 0 Å². The van der Waals surface area contributed by atoms with Crippen molar-refractivity contribution in [2.24, 2.45) is 0 Å². The number of aliphatic hydroxyl groups is 1. The van der Waals surface area contributed by atoms with Crippen molar-refractivity contribution in [2.75, 3.05) is 7.11 Å². The molecule has 2 aromatic rings. The van der Waals surface area contributed by atoms with E-state index in [-0.39, 0.29) is 22.6 Å². The second kappa shape index (κ2) is 5.23. The van der Waals surface area contributed by atoms with Crippen LogP contribution in [0.3, 0.4) is 0 Å². The van der Waals surface area contributed by atoms with Gasteiger partial charge in [0.05, 0.1) is 12.7 Å². The van der Waals surface area contributed by atoms with Gasteiger partial charge < -0.3 is 24.8 Å². The summed E-state index contributed by atoms with van der Waals surface area (Å²) in [6, 6.07) is 8.91. The SMILES string of the molecule is COc1ccc2c(c1)O[C@@H](c1cccc(O)c1O)[C@H](O)C2=O. The number of rotatable bonds is 2. The highest BCUT2D eigenvalue weighted by Crippen LogP contribution is 2.41. The molecular weight excluding hydrogens is 288 g/mol. The molecule has 0 aromatic heterocycles. The van der Waals surface area contributed by atoms with Crippen LogP contribution < -0.4 is 9.47 Å². The Bertz CT molecular complexity index is 739. The number of phenolic OH excluding ortho intramolecular Hbond substituents is 2. The Hall–Kier alpha value is -2.73. The van der Waals surface area contributed by atoms with Crippen LogP contribution in [0.15, 0.2) is 36.4 Å². The molecule has 1 aliphatic rings. The van der Waals surface area contributed by atoms with E-state index in [0.29, 0.717) is 5.75 Å². The second-order valence-corrected chi connectivity index (χ2v) is 4.92. The molecule has 22 heavy (non-hydrogen) atoms. The summed E-state index contributed by atoms with van der Waals surface area (Å²) in [4.78, 5) is 12.3. The molecular formula is C16H14O6. The van der Waals surface area contributed by atoms with Gasteiger partial charge in [-0.3, -0.25) is 4.79 Å². The first kappa shape index (κ1) is 14.2. The Morgan fingerprint density at radius 2 is 1.95 bits per heavy atom. The zero-order chi connectivity index (χ0) is 15.9. The third-order valence-corrected chi connectivity index (χ3v) is 3.62. The molecule has 0 bridgehead atoms. The van der Waals surface area contributed by atoms with Crippen LogP contribution in [0.25, 0.3) is 0 Å². The van der Waals surface area contributed by atoms with Crippen LogP contribution in [0.5, 0.6) is 23.0 Å². The number of hydrogen-bond donors (Lipinski definition) is 3. The fourth-order valence-corrected chi connectivity index (χ4v) is 2.44. The second-order valence-electron chi connectivity index (χ2n) is 4.92. The van der Waals surface area contributed by atoms with E-state index in [1.807, 2.05) is 0 Å². The van der Waals surface area contributed by atoms with Crippen LogP contribution in [-0.2, 0) is 0 Å². The number of hydrogen-bond acceptors (Lipinski definition) is 6. The maximum atomic E-state index is 12.3. The first-order valence-electron chi connectivity index (χ1n) is 6.60. The van der Waals surface area contributed by atoms with E-state index in [1.165, 1.54) is 37.4 Å². The molecule has 0 radical (unpaired) electrons. The van der Waals surface area contributed by atoms with Crippen LogP contribution in [-0.4, -0.2) is 34.3 Å². The summed E-state index contributed by atoms with van der Waals surface area (Å²) in [5.74, 6) is -0.538. The first-order chi connectivity index (χ1) is 10.5. The minimum atomic E-state index is -1.48. The maximum Gasteiger partial charge on any atom is 0.199 e. The summed E-state index contributed by atoms with van der Waals surface area (Å²) in [6.45, 7) is 0. The van der Waals surface area contributed by atoms with Crippen molar-refractivity contribution in [1.29, 1.82) is 0 Å². The number of benzene rings is 2. The van der Waals surface area contributed by atoms with Gasteiger partial charge in [0.1, 0.15) is 11.5 Å². The number of fused-ring (bicyclic) bond motifs is 1. The molecule has 0 aliphatic carbocycles. The van der Waals surface area contributed by atoms with E-state index < -0.39 is 23.7 Å². The van der Waals surface area contributed by atoms with Crippen molar-refractivity contribution in [3.05, 3.63) is 47.5 Å². The quantitative estimate of drug-likeness (QED) is 0.732. The van der Waals surface area contributed by atoms with Gasteiger partial charge in [-0.25, -0.2) is 0 Å². The molecule has 0 unspecified atom stereocenters. The number of methoxy groups -OCH3 is 1. The molecule has 0 spiro atoms. The number of carbonyl (C=O) groups is 1. The van der Waals surface area contributed by atoms with Gasteiger partial charge in [-0.1, -0.05) is 12.1 Å². The van der Waals surface area contributed by atoms with Crippen molar-refractivity contribution in [3.63, 3.8) is 0 Å². The van der Waals surface area contributed by atoms with E-state index in [4.69, 9.17) is 9.47 Å². The summed E-state index contributed by atoms with van der Waals surface area (Å²) >= 11 is 0. The van der Waals surface area contributed by atoms with Gasteiger partial charge in [-0.2, -0.15) is 0 Å². The van der Waals surface area contributed by atoms with Crippen molar-refractivity contribution in [2.45, 2.75) is 12.2 Å². The van der Waals surface area contributed by atoms with E-state index in [0.717, 1.165) is 0 Å². The van der Waals surface area contributed by atoms with Crippen LogP contribution in [0.2, 0.25) is 0 Å². The number of ketones is 1. The Morgan fingerprint density at radius 3 is 2.68 bits per heavy atom. The number of carbonyl (C=O) groups excluding carboxylic acids is 1. The molecule has 1 aliphatic heterocycles. The molecule has 114 valence electrons. The highest BCUT2D eigenvalue weighted by molar-refractivity contribution is 6.03. The van der Waals surface area contributed by atoms with Gasteiger partial charge in [0.25, 0.3) is 0 Å². The number of para-hydroxylation sites is 1. The first-order valence-corrected chi connectivity index (χ1v) is 6.60. The average Bonchev–Trinajstić information content (AvgIpc) is 2.53. The van der Waals surface area contributed by atoms with E-state index in [1.54, 1.807) is 6.07 Å². The van der Waals surface area contributed by atoms with Gasteiger partial charge in [0, 0.05) is 11.6 Å². The lowest BCUT2D eigenvalue weighted by molar-refractivity contribution is 0.0207. The lowest BCUT2D eigenvalue weighted by atomic mass is 9.93. The van der Waals surface area contributed by atoms with E-state index in [2.05, 4.69) is 0 Å². The fraction of sp³-hybridized carbons (Fsp3) is 0.188. The smallest absolute Gasteiger partial charge is 0.199 e. The molecule has 0 saturated heterocycles. The monoisotopic (exact) mass is 302 g/mol. The predicted molar refractivity (Wildman–Crippen MR) is 76.5 cm³/mol. The summed E-state index contributed by atoms with van der Waals surface area (Å²) < 4.78 is 10.7. The van der Waals surface area contributed by atoms with Crippen LogP contribution in [0.1, 0.15) is 22.0 Å². The summed E-state index contributed by atoms with van der Waals surface area (Å²) in [7, 11) is 1.49. The number of aliphatic hydroxyl groups excluding tert-OH is 1. The topological polar surface area (TPSA) is 96.2 Å². The van der Waals surface area contributed by atoms with Gasteiger partial charge in [0.2, 0.25) is 0 Å². The molecule has 6 heteroatoms. The standard InChI is InChI=1S/C16H14O6/c1-21-8-5-6-9-12(7-8)22-16(15(20)14(9)19)10-3-2-4-11(17)13(10)18/h2-7,15-18,20H,1H3/t15-,16+/m1/s1. The van der Waals surface area contributed by atoms with E-state index >= 15 is 0 Å². The third kappa shape index (κ3) is 2.14. The highest BCUT2D eigenvalue weighted by Gasteiger charge is 2.38. The van der Waals surface area contributed by atoms with Gasteiger partial charge in [0.15, 0.2) is 29.5 Å². The molecule has 6 nitrogen and oxygen atoms in total. The zero-order valence-corrected chi connectivity index (χ0v) is 11.7. The molecule has 1 heterocycles. The fourth-order valence-electron chi connectivity index (χ4n) is 2.44. The molecule has 2 aromatic carbocycles. The minimum Gasteiger partial charge on any atom is -0.504 e. The number of ether oxygens (including phenoxy) is 2. The number of phenols is 2. The zero-order valence-electron chi connectivity index (χ0n) is 11.7. The third-order valence-electron chi connectivity index (χ3n) is 3.62. The average molecular weight is 302 g/mol. The Labute approximate surface area is 126 Å². The molecule has 3 N–H and O–H groups in total. The molecule has 0 saturated carbocycles. The normalized spacial score (nSPS) is 20.2. The van der Waals surface area contributed by atoms with Gasteiger partial charge in [-0.15, -0.1) is 0 Å². The van der Waals surface area contributed by atoms with Gasteiger partial charge >= 0.3 is 0 Å². The number of aromatic hydroxyl groups is 2. The Morgan fingerprint density at radius 1 is 1.18 bits per heavy atom. The lowest BCUT2D eigenvalue weighted by Gasteiger charge is -2.30. The molecule has 2 atom stereocenters. The lowest BCUT2D eigenvalue weighted by Crippen LogP contribution is -2.36. The van der Waals surface area contributed by atoms with Crippen LogP contribution in [0.4, 0.5) is 0 Å². The predicted octanol–water partition coefficient (Wildman–Crippen LogP) is 1.78. The Balaban J connectivity index is 2.07. The molecule has 0 fully saturated rings. The summed E-state index contributed by atoms with van der Waals surface area (Å²) in [6.07, 6.45) is -2.59. The summed E-state index contributed by atoms with van der Waals surface area (Å²) in [5.41, 5.74) is 0.374. The highest BCUT2D eigenvalue weighted by atomic mass is 16.5. The molecule has 3 rings (SSSR count). The Kier molecular flexibility index (Phi) is 3.38. The minimum absolute atomic E-state index is 0.134. The largest absolute Gasteiger partial charge is 0.504 e.